The Morgan fingerprint density at radius 3 is 2.65 bits per heavy atom. The molecule has 106 valence electrons. The SMILES string of the molecule is NC(=S)c1ccc(C(F)(F)F)nc1NCc1ccsc1. The number of anilines is 1. The van der Waals surface area contributed by atoms with Crippen LogP contribution in [0.5, 0.6) is 0 Å². The molecule has 0 fully saturated rings. The maximum Gasteiger partial charge on any atom is 0.433 e. The summed E-state index contributed by atoms with van der Waals surface area (Å²) in [6.45, 7) is 0.355. The van der Waals surface area contributed by atoms with Crippen LogP contribution in [0.3, 0.4) is 0 Å². The zero-order valence-corrected chi connectivity index (χ0v) is 11.7. The van der Waals surface area contributed by atoms with Crippen LogP contribution in [0.4, 0.5) is 19.0 Å². The summed E-state index contributed by atoms with van der Waals surface area (Å²) in [5, 5.41) is 6.61. The van der Waals surface area contributed by atoms with E-state index in [2.05, 4.69) is 10.3 Å². The van der Waals surface area contributed by atoms with Crippen LogP contribution in [0.25, 0.3) is 0 Å². The van der Waals surface area contributed by atoms with Crippen molar-refractivity contribution in [3.63, 3.8) is 0 Å². The van der Waals surface area contributed by atoms with E-state index in [9.17, 15) is 13.2 Å². The summed E-state index contributed by atoms with van der Waals surface area (Å²) in [7, 11) is 0. The Hall–Kier alpha value is -1.67. The average molecular weight is 317 g/mol. The third-order valence-corrected chi connectivity index (χ3v) is 3.44. The van der Waals surface area contributed by atoms with E-state index in [0.717, 1.165) is 11.6 Å². The second-order valence-corrected chi connectivity index (χ2v) is 5.16. The molecular formula is C12H10F3N3S2. The van der Waals surface area contributed by atoms with E-state index in [1.165, 1.54) is 17.4 Å². The van der Waals surface area contributed by atoms with E-state index in [1.807, 2.05) is 16.8 Å². The highest BCUT2D eigenvalue weighted by atomic mass is 32.1. The van der Waals surface area contributed by atoms with Crippen molar-refractivity contribution >= 4 is 34.4 Å². The van der Waals surface area contributed by atoms with Gasteiger partial charge in [-0.05, 0) is 34.5 Å². The van der Waals surface area contributed by atoms with Crippen LogP contribution < -0.4 is 11.1 Å². The minimum Gasteiger partial charge on any atom is -0.389 e. The molecule has 2 heterocycles. The van der Waals surface area contributed by atoms with Crippen LogP contribution in [0.2, 0.25) is 0 Å². The Bertz CT molecular complexity index is 609. The molecule has 0 atom stereocenters. The van der Waals surface area contributed by atoms with Crippen molar-refractivity contribution in [2.45, 2.75) is 12.7 Å². The molecule has 0 aliphatic rings. The fourth-order valence-electron chi connectivity index (χ4n) is 1.53. The van der Waals surface area contributed by atoms with E-state index < -0.39 is 11.9 Å². The van der Waals surface area contributed by atoms with Crippen LogP contribution >= 0.6 is 23.6 Å². The molecule has 2 aromatic heterocycles. The Labute approximate surface area is 122 Å². The number of halogens is 3. The number of hydrogen-bond acceptors (Lipinski definition) is 4. The van der Waals surface area contributed by atoms with Crippen LogP contribution in [0.1, 0.15) is 16.8 Å². The molecule has 2 rings (SSSR count). The number of hydrogen-bond donors (Lipinski definition) is 2. The number of aromatic nitrogens is 1. The Kier molecular flexibility index (Phi) is 4.24. The topological polar surface area (TPSA) is 50.9 Å². The number of rotatable bonds is 4. The van der Waals surface area contributed by atoms with E-state index >= 15 is 0 Å². The summed E-state index contributed by atoms with van der Waals surface area (Å²) in [4.78, 5) is 3.56. The van der Waals surface area contributed by atoms with Gasteiger partial charge in [-0.2, -0.15) is 24.5 Å². The molecule has 0 aromatic carbocycles. The van der Waals surface area contributed by atoms with Crippen LogP contribution in [0, 0.1) is 0 Å². The van der Waals surface area contributed by atoms with Crippen LogP contribution in [0.15, 0.2) is 29.0 Å². The molecule has 3 nitrogen and oxygen atoms in total. The first-order valence-corrected chi connectivity index (χ1v) is 6.86. The lowest BCUT2D eigenvalue weighted by molar-refractivity contribution is -0.141. The summed E-state index contributed by atoms with van der Waals surface area (Å²) in [6, 6.07) is 3.96. The zero-order valence-electron chi connectivity index (χ0n) is 10.1. The lowest BCUT2D eigenvalue weighted by Crippen LogP contribution is -2.17. The summed E-state index contributed by atoms with van der Waals surface area (Å²) < 4.78 is 38.0. The van der Waals surface area contributed by atoms with Gasteiger partial charge in [0.25, 0.3) is 0 Å². The fourth-order valence-corrected chi connectivity index (χ4v) is 2.36. The molecule has 0 aliphatic carbocycles. The molecule has 0 spiro atoms. The molecular weight excluding hydrogens is 307 g/mol. The monoisotopic (exact) mass is 317 g/mol. The molecule has 20 heavy (non-hydrogen) atoms. The quantitative estimate of drug-likeness (QED) is 0.849. The molecule has 0 saturated carbocycles. The molecule has 2 aromatic rings. The highest BCUT2D eigenvalue weighted by Crippen LogP contribution is 2.29. The molecule has 0 radical (unpaired) electrons. The second-order valence-electron chi connectivity index (χ2n) is 3.94. The number of alkyl halides is 3. The van der Waals surface area contributed by atoms with Gasteiger partial charge in [-0.3, -0.25) is 0 Å². The van der Waals surface area contributed by atoms with Crippen LogP contribution in [-0.4, -0.2) is 9.97 Å². The maximum atomic E-state index is 12.7. The highest BCUT2D eigenvalue weighted by molar-refractivity contribution is 7.80. The Balaban J connectivity index is 2.29. The molecule has 0 aliphatic heterocycles. The Morgan fingerprint density at radius 2 is 2.10 bits per heavy atom. The van der Waals surface area contributed by atoms with E-state index in [-0.39, 0.29) is 10.8 Å². The minimum absolute atomic E-state index is 0.000886. The summed E-state index contributed by atoms with van der Waals surface area (Å²) >= 11 is 6.32. The fraction of sp³-hybridized carbons (Fsp3) is 0.167. The average Bonchev–Trinajstić information content (AvgIpc) is 2.87. The first-order chi connectivity index (χ1) is 9.38. The normalized spacial score (nSPS) is 11.3. The number of pyridine rings is 1. The van der Waals surface area contributed by atoms with Gasteiger partial charge in [0.15, 0.2) is 0 Å². The molecule has 0 saturated heterocycles. The smallest absolute Gasteiger partial charge is 0.389 e. The van der Waals surface area contributed by atoms with Crippen molar-refractivity contribution in [1.29, 1.82) is 0 Å². The second kappa shape index (κ2) is 5.76. The minimum atomic E-state index is -4.51. The lowest BCUT2D eigenvalue weighted by atomic mass is 10.2. The predicted octanol–water partition coefficient (Wildman–Crippen LogP) is 3.41. The van der Waals surface area contributed by atoms with Crippen molar-refractivity contribution in [2.75, 3.05) is 5.32 Å². The Morgan fingerprint density at radius 1 is 1.35 bits per heavy atom. The van der Waals surface area contributed by atoms with Gasteiger partial charge in [0.2, 0.25) is 0 Å². The zero-order chi connectivity index (χ0) is 14.8. The summed E-state index contributed by atoms with van der Waals surface area (Å²) in [5.74, 6) is 0.0403. The van der Waals surface area contributed by atoms with Crippen molar-refractivity contribution in [3.8, 4) is 0 Å². The molecule has 0 amide bonds. The van der Waals surface area contributed by atoms with E-state index in [4.69, 9.17) is 18.0 Å². The number of thiocarbonyl (C=S) groups is 1. The van der Waals surface area contributed by atoms with Crippen molar-refractivity contribution in [3.05, 3.63) is 45.8 Å². The van der Waals surface area contributed by atoms with Crippen molar-refractivity contribution in [2.24, 2.45) is 5.73 Å². The predicted molar refractivity (Wildman–Crippen MR) is 76.8 cm³/mol. The van der Waals surface area contributed by atoms with E-state index in [0.29, 0.717) is 12.1 Å². The summed E-state index contributed by atoms with van der Waals surface area (Å²) in [5.41, 5.74) is 5.76. The standard InChI is InChI=1S/C12H10F3N3S2/c13-12(14,15)9-2-1-8(10(16)19)11(18-9)17-5-7-3-4-20-6-7/h1-4,6H,5H2,(H2,16,19)(H,17,18). The molecule has 0 unspecified atom stereocenters. The van der Waals surface area contributed by atoms with Gasteiger partial charge < -0.3 is 11.1 Å². The largest absolute Gasteiger partial charge is 0.433 e. The number of nitrogens with one attached hydrogen (secondary N) is 1. The first-order valence-electron chi connectivity index (χ1n) is 5.51. The van der Waals surface area contributed by atoms with Gasteiger partial charge in [0, 0.05) is 6.54 Å². The third-order valence-electron chi connectivity index (χ3n) is 2.49. The number of nitrogens with zero attached hydrogens (tertiary/aromatic N) is 1. The van der Waals surface area contributed by atoms with Crippen molar-refractivity contribution < 1.29 is 13.2 Å². The van der Waals surface area contributed by atoms with Crippen molar-refractivity contribution in [1.82, 2.24) is 4.98 Å². The van der Waals surface area contributed by atoms with Gasteiger partial charge in [0.05, 0.1) is 5.56 Å². The maximum absolute atomic E-state index is 12.7. The first kappa shape index (κ1) is 14.7. The summed E-state index contributed by atoms with van der Waals surface area (Å²) in [6.07, 6.45) is -4.51. The number of nitrogens with two attached hydrogens (primary N) is 1. The number of thiophene rings is 1. The van der Waals surface area contributed by atoms with Gasteiger partial charge in [-0.25, -0.2) is 4.98 Å². The van der Waals surface area contributed by atoms with Gasteiger partial charge in [0.1, 0.15) is 16.5 Å². The van der Waals surface area contributed by atoms with E-state index in [1.54, 1.807) is 0 Å². The molecule has 3 N–H and O–H groups in total. The molecule has 0 bridgehead atoms. The van der Waals surface area contributed by atoms with Gasteiger partial charge in [-0.15, -0.1) is 0 Å². The van der Waals surface area contributed by atoms with Gasteiger partial charge >= 0.3 is 6.18 Å². The molecule has 8 heteroatoms. The van der Waals surface area contributed by atoms with Crippen LogP contribution in [-0.2, 0) is 12.7 Å². The highest BCUT2D eigenvalue weighted by Gasteiger charge is 2.33. The van der Waals surface area contributed by atoms with Gasteiger partial charge in [-0.1, -0.05) is 12.2 Å². The third kappa shape index (κ3) is 3.45. The lowest BCUT2D eigenvalue weighted by Gasteiger charge is -2.13.